The van der Waals surface area contributed by atoms with Gasteiger partial charge in [0.15, 0.2) is 6.10 Å². The van der Waals surface area contributed by atoms with Crippen LogP contribution in [0.5, 0.6) is 0 Å². The molecule has 0 aromatic heterocycles. The van der Waals surface area contributed by atoms with Gasteiger partial charge in [0.25, 0.3) is 0 Å². The molecule has 0 radical (unpaired) electrons. The standard InChI is InChI=1S/C16H18ClNO5/c1-8(19)21-7-15-16(22-9(2)20)13-6-14(23-15)11-4-3-10(17)5-12(11)18-13/h3-5,13-16,18H,6-7H2,1-2H3/t13-,14-,15-,16+/m1/s1. The van der Waals surface area contributed by atoms with Gasteiger partial charge in [0.2, 0.25) is 0 Å². The van der Waals surface area contributed by atoms with E-state index < -0.39 is 24.1 Å². The third kappa shape index (κ3) is 3.43. The molecule has 4 atom stereocenters. The highest BCUT2D eigenvalue weighted by Gasteiger charge is 2.45. The molecule has 2 aliphatic rings. The molecule has 2 aliphatic heterocycles. The number of halogens is 1. The van der Waals surface area contributed by atoms with Crippen LogP contribution in [0.4, 0.5) is 5.69 Å². The number of hydrogen-bond donors (Lipinski definition) is 1. The third-order valence-electron chi connectivity index (χ3n) is 4.03. The topological polar surface area (TPSA) is 73.9 Å². The lowest BCUT2D eigenvalue weighted by atomic mass is 9.87. The summed E-state index contributed by atoms with van der Waals surface area (Å²) in [6.07, 6.45) is -0.526. The van der Waals surface area contributed by atoms with Gasteiger partial charge in [-0.25, -0.2) is 0 Å². The van der Waals surface area contributed by atoms with Crippen molar-refractivity contribution >= 4 is 29.2 Å². The summed E-state index contributed by atoms with van der Waals surface area (Å²) in [4.78, 5) is 22.5. The molecule has 0 spiro atoms. The van der Waals surface area contributed by atoms with Gasteiger partial charge < -0.3 is 19.5 Å². The molecule has 2 bridgehead atoms. The van der Waals surface area contributed by atoms with Gasteiger partial charge in [-0.15, -0.1) is 0 Å². The van der Waals surface area contributed by atoms with Gasteiger partial charge >= 0.3 is 11.9 Å². The fraction of sp³-hybridized carbons (Fsp3) is 0.500. The van der Waals surface area contributed by atoms with E-state index in [0.717, 1.165) is 11.3 Å². The average Bonchev–Trinajstić information content (AvgIpc) is 2.47. The number of esters is 2. The van der Waals surface area contributed by atoms with E-state index >= 15 is 0 Å². The molecule has 0 aliphatic carbocycles. The predicted octanol–water partition coefficient (Wildman–Crippen LogP) is 2.46. The molecule has 3 rings (SSSR count). The number of nitrogens with one attached hydrogen (secondary N) is 1. The van der Waals surface area contributed by atoms with Crippen LogP contribution in [0.1, 0.15) is 31.9 Å². The summed E-state index contributed by atoms with van der Waals surface area (Å²) in [5.41, 5.74) is 1.88. The van der Waals surface area contributed by atoms with E-state index in [1.807, 2.05) is 18.2 Å². The second-order valence-corrected chi connectivity index (χ2v) is 6.19. The van der Waals surface area contributed by atoms with E-state index in [9.17, 15) is 9.59 Å². The minimum atomic E-state index is -0.532. The zero-order valence-electron chi connectivity index (χ0n) is 12.9. The number of hydrogen-bond acceptors (Lipinski definition) is 6. The summed E-state index contributed by atoms with van der Waals surface area (Å²) in [5, 5.41) is 3.98. The first-order chi connectivity index (χ1) is 10.9. The number of rotatable bonds is 3. The van der Waals surface area contributed by atoms with Crippen LogP contribution in [0, 0.1) is 0 Å². The van der Waals surface area contributed by atoms with Crippen molar-refractivity contribution in [3.63, 3.8) is 0 Å². The fourth-order valence-corrected chi connectivity index (χ4v) is 3.30. The highest BCUT2D eigenvalue weighted by atomic mass is 35.5. The number of fused-ring (bicyclic) bond motifs is 4. The van der Waals surface area contributed by atoms with Crippen LogP contribution >= 0.6 is 11.6 Å². The van der Waals surface area contributed by atoms with Crippen LogP contribution in [0.3, 0.4) is 0 Å². The Bertz CT molecular complexity index is 635. The lowest BCUT2D eigenvalue weighted by molar-refractivity contribution is -0.185. The molecule has 1 N–H and O–H groups in total. The summed E-state index contributed by atoms with van der Waals surface area (Å²) in [5.74, 6) is -0.797. The fourth-order valence-electron chi connectivity index (χ4n) is 3.13. The van der Waals surface area contributed by atoms with Crippen LogP contribution in [-0.4, -0.2) is 36.8 Å². The Morgan fingerprint density at radius 1 is 1.35 bits per heavy atom. The van der Waals surface area contributed by atoms with Crippen molar-refractivity contribution in [2.75, 3.05) is 11.9 Å². The second-order valence-electron chi connectivity index (χ2n) is 5.76. The van der Waals surface area contributed by atoms with Gasteiger partial charge in [0.05, 0.1) is 12.1 Å². The normalized spacial score (nSPS) is 28.3. The molecular formula is C16H18ClNO5. The summed E-state index contributed by atoms with van der Waals surface area (Å²) >= 11 is 6.04. The quantitative estimate of drug-likeness (QED) is 0.853. The van der Waals surface area contributed by atoms with Crippen LogP contribution in [-0.2, 0) is 23.8 Å². The largest absolute Gasteiger partial charge is 0.463 e. The second kappa shape index (κ2) is 6.37. The van der Waals surface area contributed by atoms with Crippen LogP contribution < -0.4 is 5.32 Å². The van der Waals surface area contributed by atoms with Gasteiger partial charge in [0.1, 0.15) is 12.7 Å². The molecule has 23 heavy (non-hydrogen) atoms. The number of carbonyl (C=O) groups is 2. The number of carbonyl (C=O) groups excluding carboxylic acids is 2. The molecule has 0 amide bonds. The van der Waals surface area contributed by atoms with E-state index in [2.05, 4.69) is 5.32 Å². The van der Waals surface area contributed by atoms with Crippen molar-refractivity contribution in [2.24, 2.45) is 0 Å². The molecule has 0 saturated carbocycles. The highest BCUT2D eigenvalue weighted by Crippen LogP contribution is 2.42. The van der Waals surface area contributed by atoms with Gasteiger partial charge in [0, 0.05) is 36.5 Å². The third-order valence-corrected chi connectivity index (χ3v) is 4.26. The van der Waals surface area contributed by atoms with E-state index in [-0.39, 0.29) is 18.8 Å². The maximum atomic E-state index is 11.4. The van der Waals surface area contributed by atoms with E-state index in [4.69, 9.17) is 25.8 Å². The van der Waals surface area contributed by atoms with Gasteiger partial charge in [-0.3, -0.25) is 9.59 Å². The SMILES string of the molecule is CC(=O)OC[C@H]1O[C@@H]2C[C@@H](Nc3cc(Cl)ccc32)[C@@H]1OC(C)=O. The molecule has 1 saturated heterocycles. The van der Waals surface area contributed by atoms with Crippen LogP contribution in [0.2, 0.25) is 5.02 Å². The van der Waals surface area contributed by atoms with Crippen molar-refractivity contribution < 1.29 is 23.8 Å². The summed E-state index contributed by atoms with van der Waals surface area (Å²) < 4.78 is 16.5. The Hall–Kier alpha value is -1.79. The first kappa shape index (κ1) is 16.1. The average molecular weight is 340 g/mol. The molecule has 6 nitrogen and oxygen atoms in total. The zero-order chi connectivity index (χ0) is 16.6. The monoisotopic (exact) mass is 339 g/mol. The number of anilines is 1. The molecule has 1 aromatic carbocycles. The molecule has 1 fully saturated rings. The summed E-state index contributed by atoms with van der Waals surface area (Å²) in [6, 6.07) is 5.44. The Balaban J connectivity index is 1.87. The van der Waals surface area contributed by atoms with Crippen LogP contribution in [0.25, 0.3) is 0 Å². The zero-order valence-corrected chi connectivity index (χ0v) is 13.6. The lowest BCUT2D eigenvalue weighted by Gasteiger charge is -2.45. The van der Waals surface area contributed by atoms with Gasteiger partial charge in [-0.05, 0) is 12.1 Å². The lowest BCUT2D eigenvalue weighted by Crippen LogP contribution is -2.54. The van der Waals surface area contributed by atoms with Gasteiger partial charge in [-0.2, -0.15) is 0 Å². The number of ether oxygens (including phenoxy) is 3. The van der Waals surface area contributed by atoms with Crippen molar-refractivity contribution in [3.05, 3.63) is 28.8 Å². The van der Waals surface area contributed by atoms with E-state index in [1.165, 1.54) is 13.8 Å². The first-order valence-corrected chi connectivity index (χ1v) is 7.84. The van der Waals surface area contributed by atoms with Crippen molar-refractivity contribution in [1.29, 1.82) is 0 Å². The Morgan fingerprint density at radius 2 is 2.13 bits per heavy atom. The van der Waals surface area contributed by atoms with Gasteiger partial charge in [-0.1, -0.05) is 17.7 Å². The molecule has 124 valence electrons. The van der Waals surface area contributed by atoms with E-state index in [1.54, 1.807) is 0 Å². The maximum absolute atomic E-state index is 11.4. The summed E-state index contributed by atoms with van der Waals surface area (Å²) in [6.45, 7) is 2.73. The van der Waals surface area contributed by atoms with Crippen molar-refractivity contribution in [1.82, 2.24) is 0 Å². The van der Waals surface area contributed by atoms with Crippen LogP contribution in [0.15, 0.2) is 18.2 Å². The maximum Gasteiger partial charge on any atom is 0.303 e. The number of benzene rings is 1. The highest BCUT2D eigenvalue weighted by molar-refractivity contribution is 6.30. The van der Waals surface area contributed by atoms with E-state index in [0.29, 0.717) is 11.4 Å². The summed E-state index contributed by atoms with van der Waals surface area (Å²) in [7, 11) is 0. The molecule has 0 unspecified atom stereocenters. The minimum absolute atomic E-state index is 0.0465. The molecular weight excluding hydrogens is 322 g/mol. The predicted molar refractivity (Wildman–Crippen MR) is 83.3 cm³/mol. The molecule has 1 aromatic rings. The minimum Gasteiger partial charge on any atom is -0.463 e. The van der Waals surface area contributed by atoms with Crippen molar-refractivity contribution in [2.45, 2.75) is 44.6 Å². The Labute approximate surface area is 139 Å². The molecule has 7 heteroatoms. The first-order valence-electron chi connectivity index (χ1n) is 7.46. The smallest absolute Gasteiger partial charge is 0.303 e. The Kier molecular flexibility index (Phi) is 4.46. The Morgan fingerprint density at radius 3 is 2.83 bits per heavy atom. The van der Waals surface area contributed by atoms with Crippen molar-refractivity contribution in [3.8, 4) is 0 Å². The molecule has 2 heterocycles.